The fraction of sp³-hybridized carbons (Fsp3) is 0.143. The maximum Gasteiger partial charge on any atom is 0.271 e. The van der Waals surface area contributed by atoms with E-state index in [0.717, 1.165) is 11.8 Å². The molecule has 0 saturated carbocycles. The molecular formula is C21H17N3O6S. The average molecular weight is 439 g/mol. The van der Waals surface area contributed by atoms with Gasteiger partial charge in [0.15, 0.2) is 0 Å². The summed E-state index contributed by atoms with van der Waals surface area (Å²) in [5, 5.41) is 9.22. The SMILES string of the molecule is CC(=O)NS(=O)(=O)c1ccc(-c2ccc(C=C3C(=O)N(C)C(=O)C(C#N)=C3C)o2)cc1. The van der Waals surface area contributed by atoms with Gasteiger partial charge in [0.05, 0.1) is 4.90 Å². The number of hydrogen-bond acceptors (Lipinski definition) is 7. The molecule has 2 aromatic rings. The van der Waals surface area contributed by atoms with Gasteiger partial charge in [0.25, 0.3) is 21.8 Å². The van der Waals surface area contributed by atoms with Gasteiger partial charge in [0.1, 0.15) is 23.2 Å². The summed E-state index contributed by atoms with van der Waals surface area (Å²) in [5.74, 6) is -1.18. The van der Waals surface area contributed by atoms with Gasteiger partial charge in [0, 0.05) is 25.1 Å². The van der Waals surface area contributed by atoms with E-state index in [1.54, 1.807) is 12.1 Å². The predicted molar refractivity (Wildman–Crippen MR) is 109 cm³/mol. The second-order valence-electron chi connectivity index (χ2n) is 6.73. The van der Waals surface area contributed by atoms with Crippen LogP contribution in [0.3, 0.4) is 0 Å². The van der Waals surface area contributed by atoms with Crippen LogP contribution < -0.4 is 4.72 Å². The number of nitriles is 1. The first-order valence-corrected chi connectivity index (χ1v) is 10.4. The molecule has 1 aliphatic heterocycles. The zero-order valence-corrected chi connectivity index (χ0v) is 17.6. The molecule has 0 unspecified atom stereocenters. The number of benzene rings is 1. The second kappa shape index (κ2) is 8.04. The van der Waals surface area contributed by atoms with Crippen LogP contribution in [0.5, 0.6) is 0 Å². The maximum atomic E-state index is 12.5. The summed E-state index contributed by atoms with van der Waals surface area (Å²) in [6.07, 6.45) is 1.44. The van der Waals surface area contributed by atoms with Gasteiger partial charge in [-0.05, 0) is 55.0 Å². The summed E-state index contributed by atoms with van der Waals surface area (Å²) >= 11 is 0. The third kappa shape index (κ3) is 4.17. The van der Waals surface area contributed by atoms with E-state index in [-0.39, 0.29) is 21.6 Å². The number of imide groups is 1. The quantitative estimate of drug-likeness (QED) is 0.568. The van der Waals surface area contributed by atoms with Gasteiger partial charge in [0.2, 0.25) is 5.91 Å². The summed E-state index contributed by atoms with van der Waals surface area (Å²) in [4.78, 5) is 36.3. The highest BCUT2D eigenvalue weighted by Gasteiger charge is 2.33. The number of nitrogens with zero attached hydrogens (tertiary/aromatic N) is 2. The lowest BCUT2D eigenvalue weighted by Crippen LogP contribution is -2.39. The number of carbonyl (C=O) groups excluding carboxylic acids is 3. The molecule has 0 bridgehead atoms. The van der Waals surface area contributed by atoms with Crippen molar-refractivity contribution < 1.29 is 27.2 Å². The van der Waals surface area contributed by atoms with Crippen LogP contribution in [0.15, 0.2) is 62.4 Å². The Balaban J connectivity index is 1.93. The van der Waals surface area contributed by atoms with Gasteiger partial charge < -0.3 is 4.42 Å². The van der Waals surface area contributed by atoms with Crippen molar-refractivity contribution in [3.05, 3.63) is 58.9 Å². The average Bonchev–Trinajstić information content (AvgIpc) is 3.18. The summed E-state index contributed by atoms with van der Waals surface area (Å²) in [7, 11) is -2.64. The molecule has 1 N–H and O–H groups in total. The number of rotatable bonds is 4. The Hall–Kier alpha value is -3.97. The minimum absolute atomic E-state index is 0.0781. The molecular weight excluding hydrogens is 422 g/mol. The molecule has 1 aromatic heterocycles. The van der Waals surface area contributed by atoms with Gasteiger partial charge in [-0.25, -0.2) is 13.1 Å². The molecule has 9 nitrogen and oxygen atoms in total. The van der Waals surface area contributed by atoms with Crippen LogP contribution in [0.4, 0.5) is 0 Å². The van der Waals surface area contributed by atoms with Crippen molar-refractivity contribution in [2.24, 2.45) is 0 Å². The van der Waals surface area contributed by atoms with Crippen molar-refractivity contribution in [3.8, 4) is 17.4 Å². The number of furan rings is 1. The molecule has 1 aromatic carbocycles. The zero-order valence-electron chi connectivity index (χ0n) is 16.8. The number of amides is 3. The van der Waals surface area contributed by atoms with Crippen LogP contribution in [-0.4, -0.2) is 38.1 Å². The number of sulfonamides is 1. The Kier molecular flexibility index (Phi) is 5.64. The van der Waals surface area contributed by atoms with Gasteiger partial charge >= 0.3 is 0 Å². The predicted octanol–water partition coefficient (Wildman–Crippen LogP) is 1.99. The van der Waals surface area contributed by atoms with Crippen molar-refractivity contribution in [2.75, 3.05) is 7.05 Å². The summed E-state index contributed by atoms with van der Waals surface area (Å²) in [6.45, 7) is 2.62. The largest absolute Gasteiger partial charge is 0.457 e. The molecule has 0 aliphatic carbocycles. The van der Waals surface area contributed by atoms with E-state index in [9.17, 15) is 28.1 Å². The van der Waals surface area contributed by atoms with Crippen molar-refractivity contribution in [3.63, 3.8) is 0 Å². The summed E-state index contributed by atoms with van der Waals surface area (Å²) < 4.78 is 31.7. The topological polar surface area (TPSA) is 138 Å². The van der Waals surface area contributed by atoms with Gasteiger partial charge in [-0.2, -0.15) is 5.26 Å². The third-order valence-electron chi connectivity index (χ3n) is 4.58. The van der Waals surface area contributed by atoms with Crippen molar-refractivity contribution in [1.29, 1.82) is 5.26 Å². The zero-order chi connectivity index (χ0) is 22.9. The molecule has 31 heavy (non-hydrogen) atoms. The van der Waals surface area contributed by atoms with Gasteiger partial charge in [-0.1, -0.05) is 0 Å². The number of likely N-dealkylation sites (N-methyl/N-ethyl adjacent to an activating group) is 1. The van der Waals surface area contributed by atoms with E-state index in [4.69, 9.17) is 4.42 Å². The second-order valence-corrected chi connectivity index (χ2v) is 8.41. The molecule has 158 valence electrons. The highest BCUT2D eigenvalue weighted by atomic mass is 32.2. The normalized spacial score (nSPS) is 15.9. The van der Waals surface area contributed by atoms with E-state index in [2.05, 4.69) is 0 Å². The molecule has 0 spiro atoms. The molecule has 3 amide bonds. The Morgan fingerprint density at radius 2 is 1.77 bits per heavy atom. The molecule has 1 aliphatic rings. The number of carbonyl (C=O) groups is 3. The van der Waals surface area contributed by atoms with Crippen molar-refractivity contribution in [1.82, 2.24) is 9.62 Å². The maximum absolute atomic E-state index is 12.5. The Morgan fingerprint density at radius 3 is 2.35 bits per heavy atom. The lowest BCUT2D eigenvalue weighted by molar-refractivity contribution is -0.138. The first kappa shape index (κ1) is 21.7. The van der Waals surface area contributed by atoms with Crippen LogP contribution in [0, 0.1) is 11.3 Å². The molecule has 0 radical (unpaired) electrons. The van der Waals surface area contributed by atoms with Crippen LogP contribution in [-0.2, 0) is 24.4 Å². The van der Waals surface area contributed by atoms with Crippen LogP contribution in [0.2, 0.25) is 0 Å². The first-order chi connectivity index (χ1) is 14.5. The van der Waals surface area contributed by atoms with E-state index in [1.165, 1.54) is 44.3 Å². The Bertz CT molecular complexity index is 1310. The fourth-order valence-corrected chi connectivity index (χ4v) is 3.96. The molecule has 3 rings (SSSR count). The van der Waals surface area contributed by atoms with E-state index >= 15 is 0 Å². The van der Waals surface area contributed by atoms with Crippen LogP contribution in [0.25, 0.3) is 17.4 Å². The molecule has 0 fully saturated rings. The van der Waals surface area contributed by atoms with E-state index in [0.29, 0.717) is 17.1 Å². The summed E-state index contributed by atoms with van der Waals surface area (Å²) in [5.41, 5.74) is 0.882. The molecule has 2 heterocycles. The van der Waals surface area contributed by atoms with Crippen LogP contribution in [0.1, 0.15) is 19.6 Å². The number of hydrogen-bond donors (Lipinski definition) is 1. The monoisotopic (exact) mass is 439 g/mol. The van der Waals surface area contributed by atoms with Crippen molar-refractivity contribution >= 4 is 33.8 Å². The first-order valence-electron chi connectivity index (χ1n) is 8.94. The smallest absolute Gasteiger partial charge is 0.271 e. The van der Waals surface area contributed by atoms with Crippen molar-refractivity contribution in [2.45, 2.75) is 18.7 Å². The van der Waals surface area contributed by atoms with E-state index < -0.39 is 27.7 Å². The minimum Gasteiger partial charge on any atom is -0.457 e. The molecule has 0 atom stereocenters. The molecule has 10 heteroatoms. The lowest BCUT2D eigenvalue weighted by atomic mass is 9.95. The fourth-order valence-electron chi connectivity index (χ4n) is 2.97. The molecule has 0 saturated heterocycles. The van der Waals surface area contributed by atoms with Crippen LogP contribution >= 0.6 is 0 Å². The lowest BCUT2D eigenvalue weighted by Gasteiger charge is -2.23. The number of nitrogens with one attached hydrogen (secondary N) is 1. The summed E-state index contributed by atoms with van der Waals surface area (Å²) in [6, 6.07) is 10.8. The van der Waals surface area contributed by atoms with E-state index in [1.807, 2.05) is 10.8 Å². The highest BCUT2D eigenvalue weighted by molar-refractivity contribution is 7.90. The standard InChI is InChI=1S/C21H17N3O6S/c1-12-17(20(26)24(3)21(27)18(12)11-22)10-15-6-9-19(30-15)14-4-7-16(8-5-14)31(28,29)23-13(2)25/h4-10H,1-3H3,(H,23,25). The Morgan fingerprint density at radius 1 is 1.13 bits per heavy atom. The van der Waals surface area contributed by atoms with Gasteiger partial charge in [-0.3, -0.25) is 19.3 Å². The van der Waals surface area contributed by atoms with Gasteiger partial charge in [-0.15, -0.1) is 0 Å². The third-order valence-corrected chi connectivity index (χ3v) is 6.03. The highest BCUT2D eigenvalue weighted by Crippen LogP contribution is 2.29. The Labute approximate surface area is 178 Å². The minimum atomic E-state index is -3.94.